The van der Waals surface area contributed by atoms with Gasteiger partial charge in [0.1, 0.15) is 0 Å². The lowest BCUT2D eigenvalue weighted by Gasteiger charge is -2.18. The molecule has 134 valence electrons. The lowest BCUT2D eigenvalue weighted by Crippen LogP contribution is -2.38. The van der Waals surface area contributed by atoms with Gasteiger partial charge in [-0.1, -0.05) is 13.3 Å². The van der Waals surface area contributed by atoms with Crippen molar-refractivity contribution in [2.45, 2.75) is 25.9 Å². The monoisotopic (exact) mass is 340 g/mol. The topological polar surface area (TPSA) is 78.9 Å². The van der Waals surface area contributed by atoms with Crippen molar-refractivity contribution in [2.24, 2.45) is 11.8 Å². The molecule has 0 bridgehead atoms. The Balaban J connectivity index is 2.34. The summed E-state index contributed by atoms with van der Waals surface area (Å²) in [6.07, 6.45) is -2.65. The number of likely N-dealkylation sites (tertiary alicyclic amines) is 1. The lowest BCUT2D eigenvalue weighted by molar-refractivity contribution is -0.188. The van der Waals surface area contributed by atoms with Gasteiger partial charge in [-0.05, 0) is 6.42 Å². The summed E-state index contributed by atoms with van der Waals surface area (Å²) >= 11 is 0. The fourth-order valence-electron chi connectivity index (χ4n) is 2.47. The van der Waals surface area contributed by atoms with Gasteiger partial charge in [-0.2, -0.15) is 13.2 Å². The summed E-state index contributed by atoms with van der Waals surface area (Å²) in [5.41, 5.74) is 0. The molecule has 1 aliphatic rings. The molecule has 2 N–H and O–H groups in total. The van der Waals surface area contributed by atoms with E-state index in [-0.39, 0.29) is 19.6 Å². The quantitative estimate of drug-likeness (QED) is 0.615. The van der Waals surface area contributed by atoms with Gasteiger partial charge in [-0.25, -0.2) is 0 Å². The van der Waals surface area contributed by atoms with Gasteiger partial charge in [0.2, 0.25) is 5.91 Å². The number of halogens is 3. The molecule has 1 saturated heterocycles. The molecule has 1 aliphatic heterocycles. The van der Waals surface area contributed by atoms with E-state index in [9.17, 15) is 22.8 Å². The Morgan fingerprint density at radius 2 is 2.00 bits per heavy atom. The van der Waals surface area contributed by atoms with Crippen LogP contribution in [0.2, 0.25) is 0 Å². The maximum atomic E-state index is 12.8. The van der Waals surface area contributed by atoms with E-state index in [1.54, 1.807) is 0 Å². The second-order valence-corrected chi connectivity index (χ2v) is 5.60. The molecular weight excluding hydrogens is 317 g/mol. The van der Waals surface area contributed by atoms with Crippen molar-refractivity contribution < 1.29 is 32.6 Å². The van der Waals surface area contributed by atoms with Gasteiger partial charge in [-0.15, -0.1) is 0 Å². The van der Waals surface area contributed by atoms with Crippen molar-refractivity contribution in [3.63, 3.8) is 0 Å². The first-order valence-electron chi connectivity index (χ1n) is 7.62. The Morgan fingerprint density at radius 3 is 2.52 bits per heavy atom. The zero-order chi connectivity index (χ0) is 17.5. The Morgan fingerprint density at radius 1 is 1.30 bits per heavy atom. The molecule has 2 atom stereocenters. The number of rotatable bonds is 9. The largest absolute Gasteiger partial charge is 0.481 e. The van der Waals surface area contributed by atoms with Crippen LogP contribution in [-0.4, -0.2) is 67.5 Å². The number of carbonyl (C=O) groups is 2. The molecular formula is C14H23F3N2O4. The summed E-state index contributed by atoms with van der Waals surface area (Å²) < 4.78 is 43.7. The van der Waals surface area contributed by atoms with Crippen LogP contribution in [0.5, 0.6) is 0 Å². The van der Waals surface area contributed by atoms with Gasteiger partial charge in [0.05, 0.1) is 25.0 Å². The smallest absolute Gasteiger partial charge is 0.393 e. The number of hydrogen-bond donors (Lipinski definition) is 2. The van der Waals surface area contributed by atoms with E-state index in [1.807, 2.05) is 6.92 Å². The number of alkyl halides is 3. The molecule has 23 heavy (non-hydrogen) atoms. The molecule has 6 nitrogen and oxygen atoms in total. The standard InChI is InChI=1S/C14H23F3N2O4/c1-2-3-5-23-6-4-18-12(20)9-19-7-10(13(21)22)11(8-19)14(15,16)17/h10-11H,2-9H2,1H3,(H,18,20)(H,21,22)/t10-,11-/m1/s1. The Labute approximate surface area is 133 Å². The SMILES string of the molecule is CCCCOCCNC(=O)CN1C[C@@H](C(F)(F)F)[C@H](C(=O)O)C1. The minimum Gasteiger partial charge on any atom is -0.481 e. The Hall–Kier alpha value is -1.35. The van der Waals surface area contributed by atoms with Crippen LogP contribution in [0.25, 0.3) is 0 Å². The minimum atomic E-state index is -4.58. The van der Waals surface area contributed by atoms with E-state index in [2.05, 4.69) is 5.32 Å². The lowest BCUT2D eigenvalue weighted by atomic mass is 9.96. The van der Waals surface area contributed by atoms with Crippen LogP contribution in [-0.2, 0) is 14.3 Å². The third-order valence-electron chi connectivity index (χ3n) is 3.71. The van der Waals surface area contributed by atoms with Crippen LogP contribution >= 0.6 is 0 Å². The van der Waals surface area contributed by atoms with Gasteiger partial charge in [0, 0.05) is 26.2 Å². The second kappa shape index (κ2) is 9.07. The molecule has 0 unspecified atom stereocenters. The molecule has 0 aromatic heterocycles. The molecule has 0 radical (unpaired) electrons. The molecule has 0 aromatic rings. The van der Waals surface area contributed by atoms with Gasteiger partial charge in [0.25, 0.3) is 0 Å². The number of carboxylic acid groups (broad SMARTS) is 1. The summed E-state index contributed by atoms with van der Waals surface area (Å²) in [6.45, 7) is 2.26. The summed E-state index contributed by atoms with van der Waals surface area (Å²) in [7, 11) is 0. The van der Waals surface area contributed by atoms with Crippen LogP contribution in [0.1, 0.15) is 19.8 Å². The Kier molecular flexibility index (Phi) is 7.77. The Bertz CT molecular complexity index is 404. The number of aliphatic carboxylic acids is 1. The highest BCUT2D eigenvalue weighted by Crippen LogP contribution is 2.37. The van der Waals surface area contributed by atoms with E-state index < -0.39 is 36.4 Å². The number of nitrogens with one attached hydrogen (secondary N) is 1. The normalized spacial score (nSPS) is 22.3. The van der Waals surface area contributed by atoms with Crippen LogP contribution in [0.3, 0.4) is 0 Å². The first-order valence-corrected chi connectivity index (χ1v) is 7.62. The van der Waals surface area contributed by atoms with E-state index in [1.165, 1.54) is 4.90 Å². The first-order chi connectivity index (χ1) is 10.8. The highest BCUT2D eigenvalue weighted by molar-refractivity contribution is 5.78. The number of carbonyl (C=O) groups excluding carboxylic acids is 1. The van der Waals surface area contributed by atoms with Crippen LogP contribution in [0, 0.1) is 11.8 Å². The predicted molar refractivity (Wildman–Crippen MR) is 75.8 cm³/mol. The van der Waals surface area contributed by atoms with Crippen LogP contribution in [0.15, 0.2) is 0 Å². The molecule has 1 amide bonds. The highest BCUT2D eigenvalue weighted by atomic mass is 19.4. The molecule has 1 fully saturated rings. The number of ether oxygens (including phenoxy) is 1. The third-order valence-corrected chi connectivity index (χ3v) is 3.71. The second-order valence-electron chi connectivity index (χ2n) is 5.60. The summed E-state index contributed by atoms with van der Waals surface area (Å²) in [4.78, 5) is 23.9. The number of carboxylic acids is 1. The van der Waals surface area contributed by atoms with Gasteiger partial charge in [0.15, 0.2) is 0 Å². The van der Waals surface area contributed by atoms with Crippen LogP contribution < -0.4 is 5.32 Å². The zero-order valence-electron chi connectivity index (χ0n) is 13.1. The number of nitrogens with zero attached hydrogens (tertiary/aromatic N) is 1. The molecule has 0 saturated carbocycles. The van der Waals surface area contributed by atoms with E-state index >= 15 is 0 Å². The maximum absolute atomic E-state index is 12.8. The average Bonchev–Trinajstić information content (AvgIpc) is 2.87. The highest BCUT2D eigenvalue weighted by Gasteiger charge is 2.52. The zero-order valence-corrected chi connectivity index (χ0v) is 13.1. The van der Waals surface area contributed by atoms with Crippen molar-refractivity contribution in [1.29, 1.82) is 0 Å². The fraction of sp³-hybridized carbons (Fsp3) is 0.857. The molecule has 1 rings (SSSR count). The van der Waals surface area contributed by atoms with Crippen molar-refractivity contribution >= 4 is 11.9 Å². The summed E-state index contributed by atoms with van der Waals surface area (Å²) in [5.74, 6) is -5.39. The molecule has 1 heterocycles. The van der Waals surface area contributed by atoms with E-state index in [4.69, 9.17) is 9.84 Å². The van der Waals surface area contributed by atoms with Gasteiger partial charge in [-0.3, -0.25) is 14.5 Å². The number of hydrogen-bond acceptors (Lipinski definition) is 4. The predicted octanol–water partition coefficient (Wildman–Crippen LogP) is 1.11. The molecule has 0 aromatic carbocycles. The van der Waals surface area contributed by atoms with Crippen LogP contribution in [0.4, 0.5) is 13.2 Å². The first kappa shape index (κ1) is 19.7. The minimum absolute atomic E-state index is 0.245. The van der Waals surface area contributed by atoms with Crippen molar-refractivity contribution in [2.75, 3.05) is 39.4 Å². The maximum Gasteiger partial charge on any atom is 0.393 e. The summed E-state index contributed by atoms with van der Waals surface area (Å²) in [5, 5.41) is 11.4. The van der Waals surface area contributed by atoms with E-state index in [0.29, 0.717) is 13.2 Å². The van der Waals surface area contributed by atoms with Crippen molar-refractivity contribution in [3.05, 3.63) is 0 Å². The van der Waals surface area contributed by atoms with Gasteiger partial charge < -0.3 is 15.2 Å². The van der Waals surface area contributed by atoms with Crippen molar-refractivity contribution in [1.82, 2.24) is 10.2 Å². The van der Waals surface area contributed by atoms with E-state index in [0.717, 1.165) is 12.8 Å². The number of unbranched alkanes of at least 4 members (excludes halogenated alkanes) is 1. The van der Waals surface area contributed by atoms with Crippen molar-refractivity contribution in [3.8, 4) is 0 Å². The number of amides is 1. The molecule has 9 heteroatoms. The molecule has 0 spiro atoms. The average molecular weight is 340 g/mol. The third kappa shape index (κ3) is 6.74. The van der Waals surface area contributed by atoms with Gasteiger partial charge >= 0.3 is 12.1 Å². The molecule has 0 aliphatic carbocycles. The fourth-order valence-corrected chi connectivity index (χ4v) is 2.47. The summed E-state index contributed by atoms with van der Waals surface area (Å²) in [6, 6.07) is 0.